The van der Waals surface area contributed by atoms with Crippen LogP contribution in [-0.4, -0.2) is 11.0 Å². The van der Waals surface area contributed by atoms with Gasteiger partial charge in [0.2, 0.25) is 5.91 Å². The fraction of sp³-hybridized carbons (Fsp3) is 0.533. The molecular weight excluding hydrogens is 262 g/mol. The molecule has 1 aromatic carbocycles. The highest BCUT2D eigenvalue weighted by Gasteiger charge is 2.37. The van der Waals surface area contributed by atoms with Gasteiger partial charge in [0.15, 0.2) is 0 Å². The summed E-state index contributed by atoms with van der Waals surface area (Å²) in [5, 5.41) is 12.5. The lowest BCUT2D eigenvalue weighted by molar-refractivity contribution is -0.124. The Morgan fingerprint density at radius 1 is 1.42 bits per heavy atom. The minimum atomic E-state index is 0.0256. The van der Waals surface area contributed by atoms with E-state index in [1.165, 1.54) is 12.5 Å². The second-order valence-electron chi connectivity index (χ2n) is 5.94. The van der Waals surface area contributed by atoms with E-state index < -0.39 is 0 Å². The third-order valence-corrected chi connectivity index (χ3v) is 4.34. The summed E-state index contributed by atoms with van der Waals surface area (Å²) in [5.41, 5.74) is 0.678. The van der Waals surface area contributed by atoms with Crippen LogP contribution in [-0.2, 0) is 4.79 Å². The van der Waals surface area contributed by atoms with E-state index in [-0.39, 0.29) is 28.0 Å². The first-order valence-electron chi connectivity index (χ1n) is 6.69. The molecule has 1 saturated carbocycles. The van der Waals surface area contributed by atoms with Gasteiger partial charge in [-0.15, -0.1) is 0 Å². The average molecular weight is 282 g/mol. The minimum Gasteiger partial charge on any atom is -0.506 e. The Bertz CT molecular complexity index is 485. The highest BCUT2D eigenvalue weighted by molar-refractivity contribution is 6.32. The van der Waals surface area contributed by atoms with Crippen molar-refractivity contribution >= 4 is 23.2 Å². The standard InChI is InChI=1S/C15H20ClNO2/c1-15(2)8-4-3-5-11(15)14(19)17-10-6-7-13(18)12(16)9-10/h6-7,9,11,18H,3-5,8H2,1-2H3,(H,17,19). The maximum atomic E-state index is 12.4. The van der Waals surface area contributed by atoms with Crippen LogP contribution >= 0.6 is 11.6 Å². The summed E-state index contributed by atoms with van der Waals surface area (Å²) in [6.45, 7) is 4.31. The quantitative estimate of drug-likeness (QED) is 0.798. The van der Waals surface area contributed by atoms with Gasteiger partial charge in [-0.1, -0.05) is 38.3 Å². The maximum Gasteiger partial charge on any atom is 0.228 e. The van der Waals surface area contributed by atoms with E-state index in [0.717, 1.165) is 19.3 Å². The Morgan fingerprint density at radius 3 is 2.79 bits per heavy atom. The number of carbonyl (C=O) groups is 1. The van der Waals surface area contributed by atoms with E-state index in [4.69, 9.17) is 11.6 Å². The molecule has 0 spiro atoms. The predicted molar refractivity (Wildman–Crippen MR) is 77.5 cm³/mol. The Morgan fingerprint density at radius 2 is 2.16 bits per heavy atom. The number of benzene rings is 1. The lowest BCUT2D eigenvalue weighted by Gasteiger charge is -2.37. The molecule has 1 amide bonds. The van der Waals surface area contributed by atoms with E-state index in [9.17, 15) is 9.90 Å². The molecule has 1 aromatic rings. The molecule has 19 heavy (non-hydrogen) atoms. The smallest absolute Gasteiger partial charge is 0.228 e. The van der Waals surface area contributed by atoms with Crippen LogP contribution in [0.2, 0.25) is 5.02 Å². The molecule has 2 N–H and O–H groups in total. The van der Waals surface area contributed by atoms with Gasteiger partial charge < -0.3 is 10.4 Å². The van der Waals surface area contributed by atoms with E-state index in [1.54, 1.807) is 12.1 Å². The molecule has 1 fully saturated rings. The molecule has 0 saturated heterocycles. The molecule has 0 bridgehead atoms. The number of aromatic hydroxyl groups is 1. The van der Waals surface area contributed by atoms with Gasteiger partial charge in [-0.05, 0) is 36.5 Å². The zero-order chi connectivity index (χ0) is 14.0. The number of nitrogens with one attached hydrogen (secondary N) is 1. The van der Waals surface area contributed by atoms with Crippen molar-refractivity contribution in [1.29, 1.82) is 0 Å². The average Bonchev–Trinajstić information content (AvgIpc) is 2.33. The van der Waals surface area contributed by atoms with Crippen LogP contribution in [0.25, 0.3) is 0 Å². The van der Waals surface area contributed by atoms with E-state index in [0.29, 0.717) is 5.69 Å². The Balaban J connectivity index is 2.09. The summed E-state index contributed by atoms with van der Waals surface area (Å²) >= 11 is 5.84. The fourth-order valence-electron chi connectivity index (χ4n) is 2.79. The molecule has 1 atom stereocenters. The molecule has 1 aliphatic rings. The van der Waals surface area contributed by atoms with Crippen LogP contribution in [0.15, 0.2) is 18.2 Å². The van der Waals surface area contributed by atoms with Gasteiger partial charge in [0.25, 0.3) is 0 Å². The monoisotopic (exact) mass is 281 g/mol. The van der Waals surface area contributed by atoms with Gasteiger partial charge in [0.1, 0.15) is 5.75 Å². The molecule has 1 aliphatic carbocycles. The van der Waals surface area contributed by atoms with Crippen LogP contribution < -0.4 is 5.32 Å². The second kappa shape index (κ2) is 5.41. The molecule has 3 nitrogen and oxygen atoms in total. The third kappa shape index (κ3) is 3.21. The van der Waals surface area contributed by atoms with E-state index in [1.807, 2.05) is 0 Å². The van der Waals surface area contributed by atoms with Crippen LogP contribution in [0, 0.1) is 11.3 Å². The van der Waals surface area contributed by atoms with Gasteiger partial charge >= 0.3 is 0 Å². The lowest BCUT2D eigenvalue weighted by atomic mass is 9.68. The van der Waals surface area contributed by atoms with Gasteiger partial charge in [-0.3, -0.25) is 4.79 Å². The molecule has 1 unspecified atom stereocenters. The Hall–Kier alpha value is -1.22. The van der Waals surface area contributed by atoms with Gasteiger partial charge in [-0.2, -0.15) is 0 Å². The number of hydrogen-bond donors (Lipinski definition) is 2. The van der Waals surface area contributed by atoms with E-state index >= 15 is 0 Å². The Kier molecular flexibility index (Phi) is 4.04. The highest BCUT2D eigenvalue weighted by Crippen LogP contribution is 2.41. The van der Waals surface area contributed by atoms with Gasteiger partial charge in [0.05, 0.1) is 5.02 Å². The normalized spacial score (nSPS) is 21.9. The molecule has 0 aromatic heterocycles. The van der Waals surface area contributed by atoms with Crippen molar-refractivity contribution in [2.24, 2.45) is 11.3 Å². The van der Waals surface area contributed by atoms with Crippen molar-refractivity contribution in [3.05, 3.63) is 23.2 Å². The van der Waals surface area contributed by atoms with Crippen molar-refractivity contribution in [1.82, 2.24) is 0 Å². The van der Waals surface area contributed by atoms with Crippen molar-refractivity contribution in [2.45, 2.75) is 39.5 Å². The summed E-state index contributed by atoms with van der Waals surface area (Å²) in [7, 11) is 0. The number of halogens is 1. The topological polar surface area (TPSA) is 49.3 Å². The number of hydrogen-bond acceptors (Lipinski definition) is 2. The summed E-state index contributed by atoms with van der Waals surface area (Å²) in [4.78, 5) is 12.4. The number of rotatable bonds is 2. The van der Waals surface area contributed by atoms with Crippen LogP contribution in [0.5, 0.6) is 5.75 Å². The van der Waals surface area contributed by atoms with Crippen LogP contribution in [0.3, 0.4) is 0 Å². The SMILES string of the molecule is CC1(C)CCCCC1C(=O)Nc1ccc(O)c(Cl)c1. The first-order valence-corrected chi connectivity index (χ1v) is 7.07. The van der Waals surface area contributed by atoms with Crippen molar-refractivity contribution in [2.75, 3.05) is 5.32 Å². The minimum absolute atomic E-state index is 0.0256. The number of phenols is 1. The molecular formula is C15H20ClNO2. The zero-order valence-corrected chi connectivity index (χ0v) is 12.1. The molecule has 0 heterocycles. The summed E-state index contributed by atoms with van der Waals surface area (Å²) in [6, 6.07) is 4.73. The summed E-state index contributed by atoms with van der Waals surface area (Å²) in [5.74, 6) is 0.109. The highest BCUT2D eigenvalue weighted by atomic mass is 35.5. The molecule has 0 radical (unpaired) electrons. The van der Waals surface area contributed by atoms with Gasteiger partial charge in [0, 0.05) is 11.6 Å². The third-order valence-electron chi connectivity index (χ3n) is 4.04. The second-order valence-corrected chi connectivity index (χ2v) is 6.35. The van der Waals surface area contributed by atoms with E-state index in [2.05, 4.69) is 19.2 Å². The van der Waals surface area contributed by atoms with Crippen molar-refractivity contribution < 1.29 is 9.90 Å². The Labute approximate surface area is 119 Å². The molecule has 0 aliphatic heterocycles. The number of anilines is 1. The van der Waals surface area contributed by atoms with Crippen LogP contribution in [0.1, 0.15) is 39.5 Å². The number of phenolic OH excluding ortho intramolecular Hbond substituents is 1. The van der Waals surface area contributed by atoms with Crippen LogP contribution in [0.4, 0.5) is 5.69 Å². The largest absolute Gasteiger partial charge is 0.506 e. The summed E-state index contributed by atoms with van der Waals surface area (Å²) in [6.07, 6.45) is 4.33. The zero-order valence-electron chi connectivity index (χ0n) is 11.4. The first-order chi connectivity index (χ1) is 8.90. The molecule has 4 heteroatoms. The number of amides is 1. The molecule has 104 valence electrons. The first kappa shape index (κ1) is 14.2. The maximum absolute atomic E-state index is 12.4. The van der Waals surface area contributed by atoms with Gasteiger partial charge in [-0.25, -0.2) is 0 Å². The summed E-state index contributed by atoms with van der Waals surface area (Å²) < 4.78 is 0. The van der Waals surface area contributed by atoms with Crippen molar-refractivity contribution in [3.63, 3.8) is 0 Å². The fourth-order valence-corrected chi connectivity index (χ4v) is 2.97. The molecule has 2 rings (SSSR count). The number of carbonyl (C=O) groups excluding carboxylic acids is 1. The lowest BCUT2D eigenvalue weighted by Crippen LogP contribution is -2.37. The van der Waals surface area contributed by atoms with Crippen molar-refractivity contribution in [3.8, 4) is 5.75 Å². The predicted octanol–water partition coefficient (Wildman–Crippen LogP) is 4.20.